The third kappa shape index (κ3) is 7.14. The van der Waals surface area contributed by atoms with Gasteiger partial charge in [-0.25, -0.2) is 14.8 Å². The second-order valence-electron chi connectivity index (χ2n) is 11.6. The van der Waals surface area contributed by atoms with Crippen molar-refractivity contribution < 1.29 is 19.4 Å². The van der Waals surface area contributed by atoms with Crippen LogP contribution >= 0.6 is 23.2 Å². The minimum atomic E-state index is -0.561. The summed E-state index contributed by atoms with van der Waals surface area (Å²) >= 11 is 12.3. The van der Waals surface area contributed by atoms with Crippen molar-refractivity contribution in [1.82, 2.24) is 20.3 Å². The number of carbonyl (C=O) groups excluding carboxylic acids is 2. The fraction of sp³-hybridized carbons (Fsp3) is 0.344. The van der Waals surface area contributed by atoms with Crippen LogP contribution in [0.5, 0.6) is 5.75 Å². The van der Waals surface area contributed by atoms with E-state index in [0.717, 1.165) is 25.2 Å². The minimum Gasteiger partial charge on any atom is -0.505 e. The summed E-state index contributed by atoms with van der Waals surface area (Å²) in [4.78, 5) is 41.4. The van der Waals surface area contributed by atoms with E-state index < -0.39 is 11.7 Å². The molecule has 1 aromatic carbocycles. The summed E-state index contributed by atoms with van der Waals surface area (Å²) in [6.45, 7) is 8.74. The number of aromatic nitrogens is 3. The van der Waals surface area contributed by atoms with Crippen molar-refractivity contribution in [1.29, 1.82) is 0 Å². The Morgan fingerprint density at radius 3 is 2.50 bits per heavy atom. The molecule has 1 fully saturated rings. The van der Waals surface area contributed by atoms with Crippen molar-refractivity contribution in [3.05, 3.63) is 64.4 Å². The molecule has 4 aromatic rings. The first-order valence-corrected chi connectivity index (χ1v) is 15.2. The van der Waals surface area contributed by atoms with Crippen molar-refractivity contribution in [2.45, 2.75) is 58.6 Å². The zero-order valence-electron chi connectivity index (χ0n) is 24.9. The lowest BCUT2D eigenvalue weighted by molar-refractivity contribution is 0.0499. The Balaban J connectivity index is 1.41. The van der Waals surface area contributed by atoms with Crippen molar-refractivity contribution in [3.8, 4) is 17.0 Å². The smallest absolute Gasteiger partial charge is 0.407 e. The zero-order chi connectivity index (χ0) is 31.6. The van der Waals surface area contributed by atoms with Gasteiger partial charge in [0, 0.05) is 37.3 Å². The van der Waals surface area contributed by atoms with Gasteiger partial charge in [-0.2, -0.15) is 0 Å². The third-order valence-corrected chi connectivity index (χ3v) is 7.71. The van der Waals surface area contributed by atoms with Gasteiger partial charge in [-0.3, -0.25) is 9.78 Å². The maximum atomic E-state index is 13.0. The molecule has 3 aromatic heterocycles. The van der Waals surface area contributed by atoms with Gasteiger partial charge < -0.3 is 25.4 Å². The molecule has 5 rings (SSSR count). The molecule has 0 bridgehead atoms. The van der Waals surface area contributed by atoms with Crippen LogP contribution in [0.1, 0.15) is 57.3 Å². The molecule has 1 atom stereocenters. The van der Waals surface area contributed by atoms with Gasteiger partial charge in [-0.1, -0.05) is 30.1 Å². The fourth-order valence-electron chi connectivity index (χ4n) is 5.04. The highest BCUT2D eigenvalue weighted by Gasteiger charge is 2.25. The van der Waals surface area contributed by atoms with Gasteiger partial charge in [-0.15, -0.1) is 0 Å². The Kier molecular flexibility index (Phi) is 9.12. The number of pyridine rings is 3. The van der Waals surface area contributed by atoms with Crippen LogP contribution in [-0.4, -0.2) is 56.7 Å². The van der Waals surface area contributed by atoms with Crippen LogP contribution in [-0.2, 0) is 4.74 Å². The number of halogens is 2. The Hall–Kier alpha value is -4.15. The summed E-state index contributed by atoms with van der Waals surface area (Å²) < 4.78 is 5.42. The van der Waals surface area contributed by atoms with E-state index in [9.17, 15) is 14.7 Å². The highest BCUT2D eigenvalue weighted by atomic mass is 35.5. The Labute approximate surface area is 265 Å². The number of ketones is 1. The summed E-state index contributed by atoms with van der Waals surface area (Å²) in [6, 6.07) is 10.5. The maximum Gasteiger partial charge on any atom is 0.407 e. The number of fused-ring (bicyclic) bond motifs is 1. The highest BCUT2D eigenvalue weighted by Crippen LogP contribution is 2.37. The molecule has 230 valence electrons. The van der Waals surface area contributed by atoms with Gasteiger partial charge in [0.05, 0.1) is 44.4 Å². The molecule has 44 heavy (non-hydrogen) atoms. The number of amides is 1. The largest absolute Gasteiger partial charge is 0.505 e. The van der Waals surface area contributed by atoms with Crippen LogP contribution in [0, 0.1) is 0 Å². The van der Waals surface area contributed by atoms with Crippen molar-refractivity contribution in [2.75, 3.05) is 23.3 Å². The van der Waals surface area contributed by atoms with Crippen molar-refractivity contribution in [2.24, 2.45) is 0 Å². The van der Waals surface area contributed by atoms with Crippen LogP contribution in [0.25, 0.3) is 22.3 Å². The average Bonchev–Trinajstić information content (AvgIpc) is 2.98. The molecule has 3 N–H and O–H groups in total. The molecule has 0 spiro atoms. The first kappa shape index (κ1) is 31.3. The molecule has 1 amide bonds. The van der Waals surface area contributed by atoms with E-state index in [2.05, 4.69) is 25.5 Å². The number of rotatable bonds is 7. The van der Waals surface area contributed by atoms with E-state index in [1.807, 2.05) is 32.9 Å². The van der Waals surface area contributed by atoms with Gasteiger partial charge in [0.2, 0.25) is 0 Å². The minimum absolute atomic E-state index is 0.0531. The van der Waals surface area contributed by atoms with Gasteiger partial charge in [0.1, 0.15) is 16.9 Å². The first-order chi connectivity index (χ1) is 20.9. The fourth-order valence-corrected chi connectivity index (χ4v) is 5.52. The number of hydrogen-bond donors (Lipinski definition) is 3. The monoisotopic (exact) mass is 636 g/mol. The Bertz CT molecular complexity index is 1690. The summed E-state index contributed by atoms with van der Waals surface area (Å²) in [5.74, 6) is 0.483. The van der Waals surface area contributed by atoms with Crippen LogP contribution in [0.2, 0.25) is 10.0 Å². The SMILES string of the molecule is CCC(=O)c1cnc2ccc(-c3cc(Cl)c(O)c(Cl)c3)nc2c1Nc1ccc(N2CCC[C@@H](NC(=O)OC(C)(C)C)C2)nc1. The van der Waals surface area contributed by atoms with Crippen LogP contribution in [0.3, 0.4) is 0 Å². The molecule has 12 heteroatoms. The maximum absolute atomic E-state index is 13.0. The van der Waals surface area contributed by atoms with E-state index in [1.54, 1.807) is 43.6 Å². The number of hydrogen-bond acceptors (Lipinski definition) is 9. The van der Waals surface area contributed by atoms with Crippen LogP contribution in [0.4, 0.5) is 22.0 Å². The standard InChI is InChI=1S/C32H34Cl2N6O4/c1-5-26(41)21-16-35-25-10-9-24(18-13-22(33)30(42)23(34)14-18)39-29(25)28(21)37-19-8-11-27(36-15-19)40-12-6-7-20(17-40)38-31(43)44-32(2,3)4/h8-11,13-16,20,42H,5-7,12,17H2,1-4H3,(H,35,37)(H,38,43)/t20-/m1/s1. The van der Waals surface area contributed by atoms with Gasteiger partial charge >= 0.3 is 6.09 Å². The average molecular weight is 638 g/mol. The number of Topliss-reactive ketones (excluding diaryl/α,β-unsaturated/α-hetero) is 1. The zero-order valence-corrected chi connectivity index (χ0v) is 26.5. The first-order valence-electron chi connectivity index (χ1n) is 14.4. The lowest BCUT2D eigenvalue weighted by Crippen LogP contribution is -2.49. The summed E-state index contributed by atoms with van der Waals surface area (Å²) in [5.41, 5.74) is 3.23. The molecule has 1 saturated heterocycles. The van der Waals surface area contributed by atoms with Gasteiger partial charge in [0.25, 0.3) is 0 Å². The number of nitrogens with one attached hydrogen (secondary N) is 2. The molecule has 1 aliphatic rings. The number of aromatic hydroxyl groups is 1. The van der Waals surface area contributed by atoms with Gasteiger partial charge in [0.15, 0.2) is 11.5 Å². The molecular formula is C32H34Cl2N6O4. The number of ether oxygens (including phenoxy) is 1. The number of carbonyl (C=O) groups is 2. The second kappa shape index (κ2) is 12.8. The second-order valence-corrected chi connectivity index (χ2v) is 12.5. The number of phenolic OH excluding ortho intramolecular Hbond substituents is 1. The predicted octanol–water partition coefficient (Wildman–Crippen LogP) is 7.53. The predicted molar refractivity (Wildman–Crippen MR) is 173 cm³/mol. The molecule has 0 unspecified atom stereocenters. The molecule has 4 heterocycles. The summed E-state index contributed by atoms with van der Waals surface area (Å²) in [7, 11) is 0. The molecule has 0 radical (unpaired) electrons. The normalized spacial score (nSPS) is 15.2. The third-order valence-electron chi connectivity index (χ3n) is 7.13. The number of piperidine rings is 1. The Morgan fingerprint density at radius 1 is 1.09 bits per heavy atom. The van der Waals surface area contributed by atoms with Crippen LogP contribution in [0.15, 0.2) is 48.8 Å². The number of nitrogens with zero attached hydrogens (tertiary/aromatic N) is 4. The van der Waals surface area contributed by atoms with Crippen molar-refractivity contribution >= 4 is 63.3 Å². The van der Waals surface area contributed by atoms with E-state index >= 15 is 0 Å². The summed E-state index contributed by atoms with van der Waals surface area (Å²) in [5, 5.41) is 16.5. The van der Waals surface area contributed by atoms with Gasteiger partial charge in [-0.05, 0) is 70.0 Å². The molecular weight excluding hydrogens is 603 g/mol. The van der Waals surface area contributed by atoms with E-state index in [0.29, 0.717) is 45.8 Å². The number of anilines is 3. The van der Waals surface area contributed by atoms with E-state index in [4.69, 9.17) is 32.9 Å². The molecule has 0 aliphatic carbocycles. The topological polar surface area (TPSA) is 130 Å². The lowest BCUT2D eigenvalue weighted by atomic mass is 10.1. The van der Waals surface area contributed by atoms with Crippen LogP contribution < -0.4 is 15.5 Å². The molecule has 10 nitrogen and oxygen atoms in total. The lowest BCUT2D eigenvalue weighted by Gasteiger charge is -2.34. The Morgan fingerprint density at radius 2 is 1.84 bits per heavy atom. The quantitative estimate of drug-likeness (QED) is 0.176. The molecule has 1 aliphatic heterocycles. The van der Waals surface area contributed by atoms with Crippen molar-refractivity contribution in [3.63, 3.8) is 0 Å². The van der Waals surface area contributed by atoms with E-state index in [1.165, 1.54) is 0 Å². The highest BCUT2D eigenvalue weighted by molar-refractivity contribution is 6.37. The molecule has 0 saturated carbocycles. The summed E-state index contributed by atoms with van der Waals surface area (Å²) in [6.07, 6.45) is 4.88. The van der Waals surface area contributed by atoms with E-state index in [-0.39, 0.29) is 34.0 Å². The number of benzene rings is 1. The number of alkyl carbamates (subject to hydrolysis) is 1. The number of phenols is 1.